The Morgan fingerprint density at radius 3 is 2.90 bits per heavy atom. The molecular weight excluding hydrogens is 396 g/mol. The quantitative estimate of drug-likeness (QED) is 0.471. The molecule has 10 heteroatoms. The van der Waals surface area contributed by atoms with Crippen LogP contribution in [-0.4, -0.2) is 35.7 Å². The second kappa shape index (κ2) is 6.78. The summed E-state index contributed by atoms with van der Waals surface area (Å²) < 4.78 is 7.50. The molecule has 1 saturated carbocycles. The zero-order valence-corrected chi connectivity index (χ0v) is 15.7. The zero-order chi connectivity index (χ0) is 20.0. The molecule has 0 atom stereocenters. The Morgan fingerprint density at radius 1 is 1.31 bits per heavy atom. The summed E-state index contributed by atoms with van der Waals surface area (Å²) in [6, 6.07) is 9.00. The number of nitrogens with one attached hydrogen (secondary N) is 2. The van der Waals surface area contributed by atoms with Crippen LogP contribution in [0.5, 0.6) is 17.5 Å². The van der Waals surface area contributed by atoms with Gasteiger partial charge in [-0.05, 0) is 37.1 Å². The number of nitrogens with zero attached hydrogens (tertiary/aromatic N) is 4. The van der Waals surface area contributed by atoms with Crippen LogP contribution in [0.15, 0.2) is 46.3 Å². The van der Waals surface area contributed by atoms with Crippen LogP contribution in [0.25, 0.3) is 11.7 Å². The van der Waals surface area contributed by atoms with E-state index in [1.807, 2.05) is 0 Å². The van der Waals surface area contributed by atoms with Gasteiger partial charge in [0.2, 0.25) is 11.8 Å². The van der Waals surface area contributed by atoms with Crippen molar-refractivity contribution in [3.05, 3.63) is 68.4 Å². The van der Waals surface area contributed by atoms with Crippen molar-refractivity contribution in [2.24, 2.45) is 4.99 Å². The molecule has 5 rings (SSSR count). The van der Waals surface area contributed by atoms with Crippen molar-refractivity contribution in [2.45, 2.75) is 18.9 Å². The van der Waals surface area contributed by atoms with Gasteiger partial charge in [0.1, 0.15) is 11.4 Å². The number of imidazole rings is 1. The minimum atomic E-state index is -0.507. The maximum Gasteiger partial charge on any atom is 0.326 e. The predicted molar refractivity (Wildman–Crippen MR) is 105 cm³/mol. The van der Waals surface area contributed by atoms with Crippen molar-refractivity contribution in [1.29, 1.82) is 0 Å². The fraction of sp³-hybridized carbons (Fsp3) is 0.158. The van der Waals surface area contributed by atoms with E-state index in [2.05, 4.69) is 25.0 Å². The van der Waals surface area contributed by atoms with Crippen LogP contribution < -0.4 is 21.1 Å². The minimum Gasteiger partial charge on any atom is -0.493 e. The van der Waals surface area contributed by atoms with E-state index in [1.54, 1.807) is 47.1 Å². The predicted octanol–water partition coefficient (Wildman–Crippen LogP) is 1.51. The van der Waals surface area contributed by atoms with Gasteiger partial charge in [-0.25, -0.2) is 4.79 Å². The van der Waals surface area contributed by atoms with Gasteiger partial charge in [0.25, 0.3) is 0 Å². The monoisotopic (exact) mass is 410 g/mol. The maximum atomic E-state index is 11.4. The maximum absolute atomic E-state index is 11.4. The number of ether oxygens (including phenoxy) is 1. The van der Waals surface area contributed by atoms with E-state index in [4.69, 9.17) is 16.3 Å². The van der Waals surface area contributed by atoms with E-state index >= 15 is 0 Å². The van der Waals surface area contributed by atoms with Gasteiger partial charge in [-0.3, -0.25) is 9.98 Å². The molecule has 3 N–H and O–H groups in total. The smallest absolute Gasteiger partial charge is 0.326 e. The van der Waals surface area contributed by atoms with Crippen LogP contribution in [0.4, 0.5) is 0 Å². The fourth-order valence-corrected chi connectivity index (χ4v) is 3.06. The lowest BCUT2D eigenvalue weighted by atomic mass is 10.3. The summed E-state index contributed by atoms with van der Waals surface area (Å²) in [6.07, 6.45) is 5.23. The molecule has 1 aromatic carbocycles. The molecule has 146 valence electrons. The summed E-state index contributed by atoms with van der Waals surface area (Å²) in [4.78, 5) is 25.4. The molecule has 0 radical (unpaired) electrons. The first-order valence-corrected chi connectivity index (χ1v) is 9.32. The third-order valence-corrected chi connectivity index (χ3v) is 4.61. The van der Waals surface area contributed by atoms with Gasteiger partial charge >= 0.3 is 5.69 Å². The first-order valence-electron chi connectivity index (χ1n) is 8.94. The Labute approximate surface area is 168 Å². The van der Waals surface area contributed by atoms with E-state index < -0.39 is 5.69 Å². The standard InChI is InChI=1S/C19H15ClN6O3/c20-11-2-1-3-13(7-11)29-16-8-15(22-12-4-5-12)26-17(24-16)10(9-21-26)6-14-18(27)25-19(28)23-14/h1-3,6-9,12,27H,4-5H2,(H2,23,25,28)/b10-6+,22-15?. The molecule has 0 bridgehead atoms. The Kier molecular flexibility index (Phi) is 4.09. The van der Waals surface area contributed by atoms with E-state index in [0.29, 0.717) is 33.0 Å². The molecule has 1 aliphatic rings. The Morgan fingerprint density at radius 2 is 2.17 bits per heavy atom. The molecule has 9 nitrogen and oxygen atoms in total. The van der Waals surface area contributed by atoms with Gasteiger partial charge in [-0.15, -0.1) is 0 Å². The lowest BCUT2D eigenvalue weighted by Gasteiger charge is -2.06. The van der Waals surface area contributed by atoms with Crippen LogP contribution >= 0.6 is 11.6 Å². The largest absolute Gasteiger partial charge is 0.493 e. The summed E-state index contributed by atoms with van der Waals surface area (Å²) in [6.45, 7) is 0. The van der Waals surface area contributed by atoms with Gasteiger partial charge in [0.05, 0.1) is 12.2 Å². The summed E-state index contributed by atoms with van der Waals surface area (Å²) in [5, 5.41) is 15.3. The van der Waals surface area contributed by atoms with E-state index in [0.717, 1.165) is 12.8 Å². The molecule has 3 heterocycles. The third kappa shape index (κ3) is 3.59. The number of halogens is 1. The van der Waals surface area contributed by atoms with Crippen LogP contribution in [0.1, 0.15) is 18.5 Å². The van der Waals surface area contributed by atoms with Crippen molar-refractivity contribution < 1.29 is 9.84 Å². The van der Waals surface area contributed by atoms with Crippen LogP contribution in [0.3, 0.4) is 0 Å². The number of aromatic amines is 2. The molecule has 1 aliphatic carbocycles. The van der Waals surface area contributed by atoms with E-state index in [-0.39, 0.29) is 17.6 Å². The van der Waals surface area contributed by atoms with Gasteiger partial charge in [-0.1, -0.05) is 17.7 Å². The molecule has 0 unspecified atom stereocenters. The highest BCUT2D eigenvalue weighted by molar-refractivity contribution is 6.30. The fourth-order valence-electron chi connectivity index (χ4n) is 2.88. The van der Waals surface area contributed by atoms with Crippen molar-refractivity contribution in [3.8, 4) is 17.5 Å². The molecule has 3 aromatic heterocycles. The van der Waals surface area contributed by atoms with Crippen LogP contribution in [0, 0.1) is 0 Å². The van der Waals surface area contributed by atoms with Gasteiger partial charge in [0.15, 0.2) is 11.1 Å². The van der Waals surface area contributed by atoms with E-state index in [1.165, 1.54) is 0 Å². The average Bonchev–Trinajstić information content (AvgIpc) is 3.31. The minimum absolute atomic E-state index is 0.230. The summed E-state index contributed by atoms with van der Waals surface area (Å²) >= 11 is 6.04. The van der Waals surface area contributed by atoms with E-state index in [9.17, 15) is 9.90 Å². The van der Waals surface area contributed by atoms with Gasteiger partial charge in [-0.2, -0.15) is 14.6 Å². The van der Waals surface area contributed by atoms with Gasteiger partial charge in [0, 0.05) is 16.3 Å². The molecule has 4 aromatic rings. The highest BCUT2D eigenvalue weighted by Gasteiger charge is 2.20. The zero-order valence-electron chi connectivity index (χ0n) is 15.0. The number of benzene rings is 1. The molecular formula is C19H15ClN6O3. The Bertz CT molecular complexity index is 1400. The summed E-state index contributed by atoms with van der Waals surface area (Å²) in [7, 11) is 0. The lowest BCUT2D eigenvalue weighted by Crippen LogP contribution is -2.19. The average molecular weight is 411 g/mol. The molecule has 1 fully saturated rings. The highest BCUT2D eigenvalue weighted by atomic mass is 35.5. The SMILES string of the molecule is O=c1[nH]c(O)c(/C=c2\cnn3c(=NC4CC4)cc(Oc4cccc(Cl)c4)nc23)[nH]1. The molecule has 0 amide bonds. The number of hydrogen-bond acceptors (Lipinski definition) is 6. The number of fused-ring (bicyclic) bond motifs is 1. The molecule has 29 heavy (non-hydrogen) atoms. The van der Waals surface area contributed by atoms with Crippen molar-refractivity contribution >= 4 is 23.3 Å². The number of H-pyrrole nitrogens is 2. The number of aromatic hydroxyl groups is 1. The molecule has 0 saturated heterocycles. The highest BCUT2D eigenvalue weighted by Crippen LogP contribution is 2.24. The second-order valence-corrected chi connectivity index (χ2v) is 7.13. The lowest BCUT2D eigenvalue weighted by molar-refractivity contribution is 0.454. The van der Waals surface area contributed by atoms with Crippen LogP contribution in [0.2, 0.25) is 5.02 Å². The first-order chi connectivity index (χ1) is 14.0. The number of hydrogen-bond donors (Lipinski definition) is 3. The van der Waals surface area contributed by atoms with Gasteiger partial charge < -0.3 is 14.8 Å². The topological polar surface area (TPSA) is 121 Å². The second-order valence-electron chi connectivity index (χ2n) is 6.69. The Balaban J connectivity index is 1.68. The van der Waals surface area contributed by atoms with Crippen molar-refractivity contribution in [2.75, 3.05) is 0 Å². The van der Waals surface area contributed by atoms with Crippen molar-refractivity contribution in [1.82, 2.24) is 24.6 Å². The number of aromatic nitrogens is 5. The first kappa shape index (κ1) is 17.5. The molecule has 0 aliphatic heterocycles. The van der Waals surface area contributed by atoms with Crippen molar-refractivity contribution in [3.63, 3.8) is 0 Å². The molecule has 0 spiro atoms. The summed E-state index contributed by atoms with van der Waals surface area (Å²) in [5.41, 5.74) is 0.812. The third-order valence-electron chi connectivity index (χ3n) is 4.37. The van der Waals surface area contributed by atoms with Crippen LogP contribution in [-0.2, 0) is 0 Å². The number of rotatable bonds is 4. The Hall–Kier alpha value is -3.59. The normalized spacial score (nSPS) is 15.3. The summed E-state index contributed by atoms with van der Waals surface area (Å²) in [5.74, 6) is 0.619.